The molecule has 3 N–H and O–H groups in total. The maximum Gasteiger partial charge on any atom is 0.359 e. The van der Waals surface area contributed by atoms with E-state index < -0.39 is 5.97 Å². The molecule has 0 spiro atoms. The highest BCUT2D eigenvalue weighted by Gasteiger charge is 2.14. The van der Waals surface area contributed by atoms with Gasteiger partial charge < -0.3 is 20.2 Å². The molecule has 0 aliphatic rings. The molecule has 4 aromatic rings. The SMILES string of the molecule is Cc1ccn2cc(C(=O)OCc3nc(N)nc(Nc4ccccc4C)n3)nc2c1. The van der Waals surface area contributed by atoms with Gasteiger partial charge in [0.05, 0.1) is 0 Å². The second-order valence-corrected chi connectivity index (χ2v) is 6.55. The van der Waals surface area contributed by atoms with E-state index in [2.05, 4.69) is 25.3 Å². The standard InChI is InChI=1S/C20H19N7O2/c1-12-7-8-27-10-15(22-17(27)9-12)18(28)29-11-16-24-19(21)26-20(25-16)23-14-6-4-3-5-13(14)2/h3-10H,11H2,1-2H3,(H3,21,23,24,25,26). The fourth-order valence-corrected chi connectivity index (χ4v) is 2.78. The molecule has 0 aliphatic heterocycles. The van der Waals surface area contributed by atoms with Gasteiger partial charge in [-0.15, -0.1) is 0 Å². The van der Waals surface area contributed by atoms with Crippen LogP contribution in [0.2, 0.25) is 0 Å². The van der Waals surface area contributed by atoms with Gasteiger partial charge in [-0.3, -0.25) is 0 Å². The molecule has 0 atom stereocenters. The van der Waals surface area contributed by atoms with E-state index in [0.717, 1.165) is 16.8 Å². The Morgan fingerprint density at radius 2 is 1.97 bits per heavy atom. The van der Waals surface area contributed by atoms with E-state index in [1.165, 1.54) is 0 Å². The molecule has 0 saturated heterocycles. The lowest BCUT2D eigenvalue weighted by molar-refractivity contribution is 0.0456. The van der Waals surface area contributed by atoms with Crippen molar-refractivity contribution in [3.05, 3.63) is 71.4 Å². The summed E-state index contributed by atoms with van der Waals surface area (Å²) in [7, 11) is 0. The molecule has 0 amide bonds. The summed E-state index contributed by atoms with van der Waals surface area (Å²) in [6.45, 7) is 3.77. The molecule has 9 heteroatoms. The lowest BCUT2D eigenvalue weighted by Gasteiger charge is -2.09. The molecule has 0 bridgehead atoms. The zero-order valence-corrected chi connectivity index (χ0v) is 16.0. The van der Waals surface area contributed by atoms with Gasteiger partial charge in [0, 0.05) is 18.1 Å². The fraction of sp³-hybridized carbons (Fsp3) is 0.150. The Morgan fingerprint density at radius 1 is 1.14 bits per heavy atom. The molecule has 0 unspecified atom stereocenters. The van der Waals surface area contributed by atoms with Gasteiger partial charge in [-0.2, -0.15) is 15.0 Å². The van der Waals surface area contributed by atoms with E-state index in [-0.39, 0.29) is 30.0 Å². The van der Waals surface area contributed by atoms with Gasteiger partial charge in [0.25, 0.3) is 0 Å². The third-order valence-electron chi connectivity index (χ3n) is 4.25. The van der Waals surface area contributed by atoms with Crippen LogP contribution in [0.15, 0.2) is 48.8 Å². The molecule has 0 radical (unpaired) electrons. The van der Waals surface area contributed by atoms with Gasteiger partial charge in [0.15, 0.2) is 18.1 Å². The molecular formula is C20H19N7O2. The van der Waals surface area contributed by atoms with E-state index in [0.29, 0.717) is 5.65 Å². The number of esters is 1. The molecule has 1 aromatic carbocycles. The van der Waals surface area contributed by atoms with Gasteiger partial charge in [-0.05, 0) is 43.2 Å². The summed E-state index contributed by atoms with van der Waals surface area (Å²) in [6, 6.07) is 11.5. The van der Waals surface area contributed by atoms with Crippen molar-refractivity contribution in [3.63, 3.8) is 0 Å². The summed E-state index contributed by atoms with van der Waals surface area (Å²) in [4.78, 5) is 29.0. The van der Waals surface area contributed by atoms with Gasteiger partial charge >= 0.3 is 5.97 Å². The quantitative estimate of drug-likeness (QED) is 0.500. The number of anilines is 3. The maximum atomic E-state index is 12.4. The number of imidazole rings is 1. The van der Waals surface area contributed by atoms with Crippen molar-refractivity contribution in [2.24, 2.45) is 0 Å². The van der Waals surface area contributed by atoms with Crippen LogP contribution in [0.3, 0.4) is 0 Å². The number of hydrogen-bond donors (Lipinski definition) is 2. The number of carbonyl (C=O) groups excluding carboxylic acids is 1. The van der Waals surface area contributed by atoms with Crippen LogP contribution in [0, 0.1) is 13.8 Å². The molecule has 4 rings (SSSR count). The average molecular weight is 389 g/mol. The number of ether oxygens (including phenoxy) is 1. The summed E-state index contributed by atoms with van der Waals surface area (Å²) < 4.78 is 7.07. The van der Waals surface area contributed by atoms with Crippen LogP contribution in [0.4, 0.5) is 17.6 Å². The van der Waals surface area contributed by atoms with Gasteiger partial charge in [0.1, 0.15) is 5.65 Å². The van der Waals surface area contributed by atoms with Crippen LogP contribution < -0.4 is 11.1 Å². The lowest BCUT2D eigenvalue weighted by Crippen LogP contribution is -2.11. The van der Waals surface area contributed by atoms with E-state index in [9.17, 15) is 4.79 Å². The Kier molecular flexibility index (Phi) is 4.78. The lowest BCUT2D eigenvalue weighted by atomic mass is 10.2. The van der Waals surface area contributed by atoms with Gasteiger partial charge in [-0.1, -0.05) is 18.2 Å². The number of rotatable bonds is 5. The zero-order chi connectivity index (χ0) is 20.4. The number of nitrogens with two attached hydrogens (primary N) is 1. The first-order valence-electron chi connectivity index (χ1n) is 8.93. The molecule has 0 fully saturated rings. The number of nitrogen functional groups attached to an aromatic ring is 1. The largest absolute Gasteiger partial charge is 0.453 e. The van der Waals surface area contributed by atoms with E-state index in [1.54, 1.807) is 10.6 Å². The number of nitrogens with one attached hydrogen (secondary N) is 1. The summed E-state index contributed by atoms with van der Waals surface area (Å²) in [5.41, 5.74) is 9.58. The summed E-state index contributed by atoms with van der Waals surface area (Å²) >= 11 is 0. The van der Waals surface area contributed by atoms with Crippen LogP contribution in [0.1, 0.15) is 27.4 Å². The predicted octanol–water partition coefficient (Wildman–Crippen LogP) is 2.82. The maximum absolute atomic E-state index is 12.4. The minimum absolute atomic E-state index is 0.0327. The molecule has 146 valence electrons. The first-order chi connectivity index (χ1) is 14.0. The molecule has 0 aliphatic carbocycles. The topological polar surface area (TPSA) is 120 Å². The van der Waals surface area contributed by atoms with E-state index in [1.807, 2.05) is 56.4 Å². The third kappa shape index (κ3) is 4.13. The first-order valence-corrected chi connectivity index (χ1v) is 8.93. The second kappa shape index (κ2) is 7.55. The fourth-order valence-electron chi connectivity index (χ4n) is 2.78. The Morgan fingerprint density at radius 3 is 2.79 bits per heavy atom. The average Bonchev–Trinajstić information content (AvgIpc) is 3.11. The van der Waals surface area contributed by atoms with Crippen molar-refractivity contribution >= 4 is 29.2 Å². The Balaban J connectivity index is 1.48. The number of para-hydroxylation sites is 1. The van der Waals surface area contributed by atoms with Crippen molar-refractivity contribution < 1.29 is 9.53 Å². The van der Waals surface area contributed by atoms with Crippen molar-refractivity contribution in [1.29, 1.82) is 0 Å². The van der Waals surface area contributed by atoms with Gasteiger partial charge in [0.2, 0.25) is 11.9 Å². The summed E-state index contributed by atoms with van der Waals surface area (Å²) in [5.74, 6) is -0.0216. The van der Waals surface area contributed by atoms with Crippen molar-refractivity contribution in [1.82, 2.24) is 24.3 Å². The minimum atomic E-state index is -0.571. The van der Waals surface area contributed by atoms with Gasteiger partial charge in [-0.25, -0.2) is 9.78 Å². The van der Waals surface area contributed by atoms with E-state index in [4.69, 9.17) is 10.5 Å². The van der Waals surface area contributed by atoms with Crippen molar-refractivity contribution in [2.75, 3.05) is 11.1 Å². The minimum Gasteiger partial charge on any atom is -0.453 e. The number of carbonyl (C=O) groups is 1. The predicted molar refractivity (Wildman–Crippen MR) is 108 cm³/mol. The number of aryl methyl sites for hydroxylation is 2. The van der Waals surface area contributed by atoms with Crippen LogP contribution in [-0.2, 0) is 11.3 Å². The van der Waals surface area contributed by atoms with Crippen LogP contribution in [0.5, 0.6) is 0 Å². The number of hydrogen-bond acceptors (Lipinski definition) is 8. The molecule has 9 nitrogen and oxygen atoms in total. The second-order valence-electron chi connectivity index (χ2n) is 6.55. The Hall–Kier alpha value is -4.01. The highest BCUT2D eigenvalue weighted by molar-refractivity contribution is 5.87. The van der Waals surface area contributed by atoms with Crippen LogP contribution >= 0.6 is 0 Å². The number of fused-ring (bicyclic) bond motifs is 1. The van der Waals surface area contributed by atoms with Crippen LogP contribution in [0.25, 0.3) is 5.65 Å². The normalized spacial score (nSPS) is 10.8. The first kappa shape index (κ1) is 18.4. The molecule has 3 aromatic heterocycles. The van der Waals surface area contributed by atoms with Crippen molar-refractivity contribution in [3.8, 4) is 0 Å². The smallest absolute Gasteiger partial charge is 0.359 e. The monoisotopic (exact) mass is 389 g/mol. The van der Waals surface area contributed by atoms with E-state index >= 15 is 0 Å². The van der Waals surface area contributed by atoms with Crippen molar-refractivity contribution in [2.45, 2.75) is 20.5 Å². The highest BCUT2D eigenvalue weighted by Crippen LogP contribution is 2.18. The Bertz CT molecular complexity index is 1200. The third-order valence-corrected chi connectivity index (χ3v) is 4.25. The number of pyridine rings is 1. The molecular weight excluding hydrogens is 370 g/mol. The van der Waals surface area contributed by atoms with Crippen LogP contribution in [-0.4, -0.2) is 30.3 Å². The number of aromatic nitrogens is 5. The molecule has 0 saturated carbocycles. The number of nitrogens with zero attached hydrogens (tertiary/aromatic N) is 5. The Labute approximate surface area is 166 Å². The zero-order valence-electron chi connectivity index (χ0n) is 16.0. The molecule has 29 heavy (non-hydrogen) atoms. The summed E-state index contributed by atoms with van der Waals surface area (Å²) in [6.07, 6.45) is 3.45. The highest BCUT2D eigenvalue weighted by atomic mass is 16.5. The molecule has 3 heterocycles. The summed E-state index contributed by atoms with van der Waals surface area (Å²) in [5, 5.41) is 3.10. The number of benzene rings is 1.